The van der Waals surface area contributed by atoms with Crippen LogP contribution in [0.25, 0.3) is 0 Å². The summed E-state index contributed by atoms with van der Waals surface area (Å²) in [4.78, 5) is 0. The topological polar surface area (TPSA) is 35.1 Å². The third-order valence-corrected chi connectivity index (χ3v) is 4.48. The maximum Gasteiger partial charge on any atom is 0.160 e. The van der Waals surface area contributed by atoms with E-state index < -0.39 is 0 Å². The predicted octanol–water partition coefficient (Wildman–Crippen LogP) is 3.16. The molecule has 2 N–H and O–H groups in total. The van der Waals surface area contributed by atoms with Crippen LogP contribution >= 0.6 is 15.9 Å². The van der Waals surface area contributed by atoms with Crippen molar-refractivity contribution >= 4 is 15.9 Å². The predicted molar refractivity (Wildman–Crippen MR) is 92.5 cm³/mol. The molecule has 0 aliphatic heterocycles. The SMILES string of the molecule is COc1ccc(C[C@@H](C)[NH2+]Cc2ccccc2Br)cc1OC. The Morgan fingerprint density at radius 1 is 1.05 bits per heavy atom. The number of nitrogens with two attached hydrogens (primary N) is 1. The summed E-state index contributed by atoms with van der Waals surface area (Å²) in [7, 11) is 3.33. The van der Waals surface area contributed by atoms with Crippen LogP contribution in [0.2, 0.25) is 0 Å². The van der Waals surface area contributed by atoms with Crippen molar-refractivity contribution in [1.82, 2.24) is 0 Å². The van der Waals surface area contributed by atoms with Crippen LogP contribution in [-0.2, 0) is 13.0 Å². The molecule has 2 aromatic rings. The summed E-state index contributed by atoms with van der Waals surface area (Å²) in [5, 5.41) is 2.36. The minimum Gasteiger partial charge on any atom is -0.493 e. The van der Waals surface area contributed by atoms with Gasteiger partial charge in [0.2, 0.25) is 0 Å². The molecule has 4 heteroatoms. The standard InChI is InChI=1S/C18H22BrNO2/c1-13(20-12-15-6-4-5-7-16(15)19)10-14-8-9-17(21-2)18(11-14)22-3/h4-9,11,13,20H,10,12H2,1-3H3/p+1/t13-/m1/s1. The summed E-state index contributed by atoms with van der Waals surface area (Å²) < 4.78 is 11.8. The van der Waals surface area contributed by atoms with E-state index >= 15 is 0 Å². The molecule has 0 saturated heterocycles. The second kappa shape index (κ2) is 8.20. The fraction of sp³-hybridized carbons (Fsp3) is 0.333. The smallest absolute Gasteiger partial charge is 0.160 e. The second-order valence-corrected chi connectivity index (χ2v) is 6.26. The first-order chi connectivity index (χ1) is 10.6. The minimum atomic E-state index is 0.491. The summed E-state index contributed by atoms with van der Waals surface area (Å²) in [5.41, 5.74) is 2.58. The van der Waals surface area contributed by atoms with E-state index in [1.165, 1.54) is 15.6 Å². The third kappa shape index (κ3) is 4.49. The van der Waals surface area contributed by atoms with Crippen molar-refractivity contribution < 1.29 is 14.8 Å². The van der Waals surface area contributed by atoms with Gasteiger partial charge in [0.1, 0.15) is 6.54 Å². The Kier molecular flexibility index (Phi) is 6.28. The largest absolute Gasteiger partial charge is 0.493 e. The van der Waals surface area contributed by atoms with Gasteiger partial charge in [0.05, 0.1) is 20.3 Å². The molecular weight excluding hydrogens is 342 g/mol. The molecule has 0 bridgehead atoms. The molecule has 0 saturated carbocycles. The zero-order valence-electron chi connectivity index (χ0n) is 13.3. The van der Waals surface area contributed by atoms with E-state index in [9.17, 15) is 0 Å². The van der Waals surface area contributed by atoms with E-state index in [1.54, 1.807) is 14.2 Å². The molecule has 0 spiro atoms. The van der Waals surface area contributed by atoms with Crippen molar-refractivity contribution in [2.75, 3.05) is 14.2 Å². The molecule has 0 aliphatic carbocycles. The Labute approximate surface area is 140 Å². The Morgan fingerprint density at radius 2 is 1.77 bits per heavy atom. The maximum atomic E-state index is 5.36. The monoisotopic (exact) mass is 364 g/mol. The van der Waals surface area contributed by atoms with Crippen molar-refractivity contribution in [3.63, 3.8) is 0 Å². The van der Waals surface area contributed by atoms with Gasteiger partial charge in [-0.1, -0.05) is 40.2 Å². The van der Waals surface area contributed by atoms with Crippen molar-refractivity contribution in [2.24, 2.45) is 0 Å². The van der Waals surface area contributed by atoms with Gasteiger partial charge in [0.15, 0.2) is 11.5 Å². The number of quaternary nitrogens is 1. The van der Waals surface area contributed by atoms with Crippen molar-refractivity contribution in [3.05, 3.63) is 58.1 Å². The lowest BCUT2D eigenvalue weighted by Crippen LogP contribution is -2.88. The summed E-state index contributed by atoms with van der Waals surface area (Å²) in [5.74, 6) is 1.56. The molecule has 0 fully saturated rings. The summed E-state index contributed by atoms with van der Waals surface area (Å²) in [6, 6.07) is 15.0. The van der Waals surface area contributed by atoms with Gasteiger partial charge in [0, 0.05) is 16.5 Å². The van der Waals surface area contributed by atoms with E-state index in [0.717, 1.165) is 24.5 Å². The lowest BCUT2D eigenvalue weighted by atomic mass is 10.1. The normalized spacial score (nSPS) is 12.0. The molecular formula is C18H23BrNO2+. The molecule has 0 aromatic heterocycles. The second-order valence-electron chi connectivity index (χ2n) is 5.40. The Morgan fingerprint density at radius 3 is 2.45 bits per heavy atom. The van der Waals surface area contributed by atoms with Crippen LogP contribution in [0.3, 0.4) is 0 Å². The van der Waals surface area contributed by atoms with Gasteiger partial charge in [-0.05, 0) is 30.7 Å². The number of rotatable bonds is 7. The van der Waals surface area contributed by atoms with Gasteiger partial charge >= 0.3 is 0 Å². The molecule has 0 unspecified atom stereocenters. The Hall–Kier alpha value is -1.52. The highest BCUT2D eigenvalue weighted by Gasteiger charge is 2.11. The molecule has 118 valence electrons. The number of benzene rings is 2. The third-order valence-electron chi connectivity index (χ3n) is 3.70. The highest BCUT2D eigenvalue weighted by Crippen LogP contribution is 2.27. The summed E-state index contributed by atoms with van der Waals surface area (Å²) in [6.07, 6.45) is 0.991. The first kappa shape index (κ1) is 16.8. The van der Waals surface area contributed by atoms with Crippen LogP contribution in [0.15, 0.2) is 46.9 Å². The molecule has 0 amide bonds. The van der Waals surface area contributed by atoms with Crippen LogP contribution in [0.5, 0.6) is 11.5 Å². The quantitative estimate of drug-likeness (QED) is 0.818. The van der Waals surface area contributed by atoms with Gasteiger partial charge in [-0.15, -0.1) is 0 Å². The van der Waals surface area contributed by atoms with E-state index in [2.05, 4.69) is 58.5 Å². The van der Waals surface area contributed by atoms with E-state index in [0.29, 0.717) is 6.04 Å². The van der Waals surface area contributed by atoms with Gasteiger partial charge in [-0.2, -0.15) is 0 Å². The lowest BCUT2D eigenvalue weighted by Gasteiger charge is -2.13. The van der Waals surface area contributed by atoms with E-state index in [1.807, 2.05) is 12.1 Å². The molecule has 0 heterocycles. The van der Waals surface area contributed by atoms with Gasteiger partial charge in [0.25, 0.3) is 0 Å². The van der Waals surface area contributed by atoms with Gasteiger partial charge in [-0.25, -0.2) is 0 Å². The zero-order valence-corrected chi connectivity index (χ0v) is 14.9. The molecule has 2 rings (SSSR count). The van der Waals surface area contributed by atoms with Crippen LogP contribution in [0, 0.1) is 0 Å². The van der Waals surface area contributed by atoms with Gasteiger partial charge < -0.3 is 14.8 Å². The fourth-order valence-corrected chi connectivity index (χ4v) is 2.90. The summed E-state index contributed by atoms with van der Waals surface area (Å²) >= 11 is 3.60. The average molecular weight is 365 g/mol. The molecule has 0 radical (unpaired) electrons. The van der Waals surface area contributed by atoms with Gasteiger partial charge in [-0.3, -0.25) is 0 Å². The van der Waals surface area contributed by atoms with Crippen molar-refractivity contribution in [2.45, 2.75) is 25.9 Å². The number of hydrogen-bond donors (Lipinski definition) is 1. The van der Waals surface area contributed by atoms with Crippen LogP contribution < -0.4 is 14.8 Å². The molecule has 3 nitrogen and oxygen atoms in total. The number of hydrogen-bond acceptors (Lipinski definition) is 2. The molecule has 22 heavy (non-hydrogen) atoms. The number of methoxy groups -OCH3 is 2. The van der Waals surface area contributed by atoms with Crippen LogP contribution in [0.1, 0.15) is 18.1 Å². The van der Waals surface area contributed by atoms with Crippen LogP contribution in [-0.4, -0.2) is 20.3 Å². The Balaban J connectivity index is 1.94. The number of halogens is 1. The highest BCUT2D eigenvalue weighted by atomic mass is 79.9. The van der Waals surface area contributed by atoms with Crippen molar-refractivity contribution in [1.29, 1.82) is 0 Å². The fourth-order valence-electron chi connectivity index (χ4n) is 2.45. The first-order valence-electron chi connectivity index (χ1n) is 7.41. The van der Waals surface area contributed by atoms with E-state index in [4.69, 9.17) is 9.47 Å². The van der Waals surface area contributed by atoms with E-state index in [-0.39, 0.29) is 0 Å². The molecule has 1 atom stereocenters. The zero-order chi connectivity index (χ0) is 15.9. The maximum absolute atomic E-state index is 5.36. The minimum absolute atomic E-state index is 0.491. The number of ether oxygens (including phenoxy) is 2. The summed E-state index contributed by atoms with van der Waals surface area (Å²) in [6.45, 7) is 3.21. The Bertz CT molecular complexity index is 616. The highest BCUT2D eigenvalue weighted by molar-refractivity contribution is 9.10. The average Bonchev–Trinajstić information content (AvgIpc) is 2.54. The lowest BCUT2D eigenvalue weighted by molar-refractivity contribution is -0.701. The first-order valence-corrected chi connectivity index (χ1v) is 8.21. The van der Waals surface area contributed by atoms with Crippen molar-refractivity contribution in [3.8, 4) is 11.5 Å². The molecule has 2 aromatic carbocycles. The van der Waals surface area contributed by atoms with Crippen LogP contribution in [0.4, 0.5) is 0 Å². The molecule has 0 aliphatic rings.